The van der Waals surface area contributed by atoms with E-state index in [1.165, 1.54) is 0 Å². The van der Waals surface area contributed by atoms with E-state index in [-0.39, 0.29) is 24.3 Å². The second-order valence-corrected chi connectivity index (χ2v) is 7.69. The Morgan fingerprint density at radius 1 is 1.19 bits per heavy atom. The number of aliphatic carboxylic acids is 1. The molecule has 9 heteroatoms. The summed E-state index contributed by atoms with van der Waals surface area (Å²) in [5.41, 5.74) is -0.855. The monoisotopic (exact) mass is 320 g/mol. The van der Waals surface area contributed by atoms with Gasteiger partial charge in [-0.25, -0.2) is 13.2 Å². The Balaban J connectivity index is 2.30. The number of imide groups is 1. The van der Waals surface area contributed by atoms with E-state index in [0.29, 0.717) is 19.3 Å². The second kappa shape index (κ2) is 6.88. The molecule has 3 amide bonds. The minimum absolute atomic E-state index is 0.0184. The molecule has 0 aromatic heterocycles. The first kappa shape index (κ1) is 17.4. The Hall–Kier alpha value is -1.64. The van der Waals surface area contributed by atoms with E-state index in [1.54, 1.807) is 6.92 Å². The van der Waals surface area contributed by atoms with Crippen LogP contribution in [0.15, 0.2) is 0 Å². The number of unbranched alkanes of at least 4 members (excludes halogenated alkanes) is 1. The molecule has 0 aromatic rings. The molecule has 3 N–H and O–H groups in total. The van der Waals surface area contributed by atoms with Gasteiger partial charge in [0.05, 0.1) is 17.0 Å². The molecule has 1 fully saturated rings. The third kappa shape index (κ3) is 6.56. The van der Waals surface area contributed by atoms with E-state index < -0.39 is 33.3 Å². The van der Waals surface area contributed by atoms with Gasteiger partial charge in [0.2, 0.25) is 5.91 Å². The Bertz CT molecular complexity index is 530. The summed E-state index contributed by atoms with van der Waals surface area (Å²) in [7, 11) is -3.14. The SMILES string of the molecule is CC1(NC(=O)NC(=O)CCCCC(=O)O)CCS(=O)(=O)C1. The normalized spacial score (nSPS) is 23.5. The molecule has 1 unspecified atom stereocenters. The molecule has 0 radical (unpaired) electrons. The van der Waals surface area contributed by atoms with Crippen molar-refractivity contribution in [3.8, 4) is 0 Å². The third-order valence-electron chi connectivity index (χ3n) is 3.22. The number of rotatable bonds is 6. The van der Waals surface area contributed by atoms with E-state index in [2.05, 4.69) is 10.6 Å². The van der Waals surface area contributed by atoms with Gasteiger partial charge >= 0.3 is 12.0 Å². The summed E-state index contributed by atoms with van der Waals surface area (Å²) in [6.45, 7) is 1.62. The summed E-state index contributed by atoms with van der Waals surface area (Å²) in [6.07, 6.45) is 1.08. The van der Waals surface area contributed by atoms with Crippen molar-refractivity contribution in [3.05, 3.63) is 0 Å². The molecule has 0 saturated carbocycles. The van der Waals surface area contributed by atoms with Crippen LogP contribution in [-0.4, -0.2) is 48.5 Å². The number of carboxylic acid groups (broad SMARTS) is 1. The summed E-state index contributed by atoms with van der Waals surface area (Å²) >= 11 is 0. The highest BCUT2D eigenvalue weighted by Crippen LogP contribution is 2.22. The van der Waals surface area contributed by atoms with Crippen LogP contribution in [-0.2, 0) is 19.4 Å². The van der Waals surface area contributed by atoms with Crippen molar-refractivity contribution in [2.24, 2.45) is 0 Å². The van der Waals surface area contributed by atoms with Crippen LogP contribution in [0.5, 0.6) is 0 Å². The van der Waals surface area contributed by atoms with E-state index in [0.717, 1.165) is 0 Å². The van der Waals surface area contributed by atoms with Gasteiger partial charge in [-0.1, -0.05) is 0 Å². The van der Waals surface area contributed by atoms with Crippen LogP contribution in [0.4, 0.5) is 4.79 Å². The zero-order valence-electron chi connectivity index (χ0n) is 11.8. The number of carboxylic acids is 1. The first-order chi connectivity index (χ1) is 9.62. The van der Waals surface area contributed by atoms with Gasteiger partial charge in [-0.3, -0.25) is 14.9 Å². The van der Waals surface area contributed by atoms with Crippen LogP contribution in [0.2, 0.25) is 0 Å². The quantitative estimate of drug-likeness (QED) is 0.592. The highest BCUT2D eigenvalue weighted by atomic mass is 32.2. The molecule has 0 aromatic carbocycles. The van der Waals surface area contributed by atoms with Gasteiger partial charge in [0.15, 0.2) is 9.84 Å². The minimum Gasteiger partial charge on any atom is -0.481 e. The zero-order chi connectivity index (χ0) is 16.1. The van der Waals surface area contributed by atoms with Crippen molar-refractivity contribution in [3.63, 3.8) is 0 Å². The number of sulfone groups is 1. The predicted molar refractivity (Wildman–Crippen MR) is 74.5 cm³/mol. The standard InChI is InChI=1S/C12H20N2O6S/c1-12(6-7-21(19,20)8-12)14-11(18)13-9(15)4-2-3-5-10(16)17/h2-8H2,1H3,(H,16,17)(H2,13,14,15,18). The van der Waals surface area contributed by atoms with E-state index in [1.807, 2.05) is 0 Å². The van der Waals surface area contributed by atoms with Gasteiger partial charge in [-0.05, 0) is 26.2 Å². The molecule has 1 heterocycles. The van der Waals surface area contributed by atoms with Gasteiger partial charge in [0, 0.05) is 12.8 Å². The number of carbonyl (C=O) groups excluding carboxylic acids is 2. The largest absolute Gasteiger partial charge is 0.481 e. The summed E-state index contributed by atoms with van der Waals surface area (Å²) < 4.78 is 22.8. The lowest BCUT2D eigenvalue weighted by Crippen LogP contribution is -2.52. The molecule has 0 aliphatic carbocycles. The fourth-order valence-corrected chi connectivity index (χ4v) is 4.26. The third-order valence-corrected chi connectivity index (χ3v) is 5.12. The first-order valence-electron chi connectivity index (χ1n) is 6.66. The number of hydrogen-bond acceptors (Lipinski definition) is 5. The fourth-order valence-electron chi connectivity index (χ4n) is 2.17. The molecule has 1 saturated heterocycles. The van der Waals surface area contributed by atoms with Gasteiger partial charge in [-0.15, -0.1) is 0 Å². The van der Waals surface area contributed by atoms with Crippen LogP contribution < -0.4 is 10.6 Å². The van der Waals surface area contributed by atoms with Gasteiger partial charge in [0.1, 0.15) is 0 Å². The molecular formula is C12H20N2O6S. The number of urea groups is 1. The number of carbonyl (C=O) groups is 3. The number of amides is 3. The summed E-state index contributed by atoms with van der Waals surface area (Å²) in [5.74, 6) is -1.56. The molecule has 0 spiro atoms. The van der Waals surface area contributed by atoms with Crippen LogP contribution in [0, 0.1) is 0 Å². The molecule has 1 aliphatic rings. The van der Waals surface area contributed by atoms with Crippen LogP contribution in [0.25, 0.3) is 0 Å². The van der Waals surface area contributed by atoms with E-state index in [4.69, 9.17) is 5.11 Å². The van der Waals surface area contributed by atoms with Crippen LogP contribution in [0.1, 0.15) is 39.0 Å². The van der Waals surface area contributed by atoms with E-state index in [9.17, 15) is 22.8 Å². The lowest BCUT2D eigenvalue weighted by atomic mass is 10.0. The lowest BCUT2D eigenvalue weighted by molar-refractivity contribution is -0.137. The Morgan fingerprint density at radius 2 is 1.81 bits per heavy atom. The number of hydrogen-bond donors (Lipinski definition) is 3. The molecule has 1 rings (SSSR count). The predicted octanol–water partition coefficient (Wildman–Crippen LogP) is 0.0344. The average Bonchev–Trinajstić information content (AvgIpc) is 2.58. The zero-order valence-corrected chi connectivity index (χ0v) is 12.7. The van der Waals surface area contributed by atoms with Gasteiger partial charge < -0.3 is 10.4 Å². The fraction of sp³-hybridized carbons (Fsp3) is 0.750. The Morgan fingerprint density at radius 3 is 2.33 bits per heavy atom. The summed E-state index contributed by atoms with van der Waals surface area (Å²) in [4.78, 5) is 33.4. The maximum atomic E-state index is 11.6. The van der Waals surface area contributed by atoms with Crippen molar-refractivity contribution >= 4 is 27.7 Å². The number of nitrogens with one attached hydrogen (secondary N) is 2. The van der Waals surface area contributed by atoms with Gasteiger partial charge in [0.25, 0.3) is 0 Å². The summed E-state index contributed by atoms with van der Waals surface area (Å²) in [6, 6.07) is -0.724. The molecular weight excluding hydrogens is 300 g/mol. The van der Waals surface area contributed by atoms with Crippen molar-refractivity contribution in [2.75, 3.05) is 11.5 Å². The minimum atomic E-state index is -3.14. The summed E-state index contributed by atoms with van der Waals surface area (Å²) in [5, 5.41) is 13.1. The first-order valence-corrected chi connectivity index (χ1v) is 8.48. The lowest BCUT2D eigenvalue weighted by Gasteiger charge is -2.23. The smallest absolute Gasteiger partial charge is 0.321 e. The molecule has 0 bridgehead atoms. The average molecular weight is 320 g/mol. The topological polar surface area (TPSA) is 130 Å². The molecule has 1 atom stereocenters. The molecule has 120 valence electrons. The molecule has 21 heavy (non-hydrogen) atoms. The van der Waals surface area contributed by atoms with Crippen LogP contribution >= 0.6 is 0 Å². The highest BCUT2D eigenvalue weighted by molar-refractivity contribution is 7.91. The molecule has 8 nitrogen and oxygen atoms in total. The Kier molecular flexibility index (Phi) is 5.70. The maximum Gasteiger partial charge on any atom is 0.321 e. The van der Waals surface area contributed by atoms with Crippen molar-refractivity contribution in [1.29, 1.82) is 0 Å². The maximum absolute atomic E-state index is 11.6. The van der Waals surface area contributed by atoms with Crippen LogP contribution in [0.3, 0.4) is 0 Å². The van der Waals surface area contributed by atoms with Crippen molar-refractivity contribution < 1.29 is 27.9 Å². The van der Waals surface area contributed by atoms with Gasteiger partial charge in [-0.2, -0.15) is 0 Å². The highest BCUT2D eigenvalue weighted by Gasteiger charge is 2.39. The Labute approximate surface area is 123 Å². The second-order valence-electron chi connectivity index (χ2n) is 5.51. The van der Waals surface area contributed by atoms with E-state index >= 15 is 0 Å². The van der Waals surface area contributed by atoms with Crippen molar-refractivity contribution in [2.45, 2.75) is 44.6 Å². The molecule has 1 aliphatic heterocycles. The van der Waals surface area contributed by atoms with Crippen molar-refractivity contribution in [1.82, 2.24) is 10.6 Å².